The second-order valence-electron chi connectivity index (χ2n) is 6.09. The van der Waals surface area contributed by atoms with Crippen LogP contribution in [0.3, 0.4) is 0 Å². The summed E-state index contributed by atoms with van der Waals surface area (Å²) in [6, 6.07) is 13.7. The number of rotatable bonds is 6. The molecule has 0 atom stereocenters. The lowest BCUT2D eigenvalue weighted by Gasteiger charge is -2.14. The Morgan fingerprint density at radius 3 is 2.56 bits per heavy atom. The summed E-state index contributed by atoms with van der Waals surface area (Å²) < 4.78 is 6.85. The van der Waals surface area contributed by atoms with Crippen molar-refractivity contribution in [1.82, 2.24) is 9.55 Å². The molecule has 0 saturated heterocycles. The highest BCUT2D eigenvalue weighted by Crippen LogP contribution is 2.23. The third-order valence-electron chi connectivity index (χ3n) is 3.93. The van der Waals surface area contributed by atoms with Gasteiger partial charge in [-0.15, -0.1) is 0 Å². The SMILES string of the molecule is COCCCSc1nc2ccccc2c(=O)n1-c1cc(C)cc(C)c1. The molecule has 0 fully saturated rings. The van der Waals surface area contributed by atoms with Gasteiger partial charge < -0.3 is 4.74 Å². The number of aryl methyl sites for hydroxylation is 2. The summed E-state index contributed by atoms with van der Waals surface area (Å²) >= 11 is 1.59. The van der Waals surface area contributed by atoms with Crippen LogP contribution in [0.25, 0.3) is 16.6 Å². The predicted octanol–water partition coefficient (Wildman–Crippen LogP) is 4.13. The normalized spacial score (nSPS) is 11.2. The predicted molar refractivity (Wildman–Crippen MR) is 104 cm³/mol. The number of aromatic nitrogens is 2. The summed E-state index contributed by atoms with van der Waals surface area (Å²) in [6.45, 7) is 4.79. The van der Waals surface area contributed by atoms with Crippen LogP contribution in [0.4, 0.5) is 0 Å². The maximum absolute atomic E-state index is 13.1. The van der Waals surface area contributed by atoms with E-state index in [1.165, 1.54) is 0 Å². The second kappa shape index (κ2) is 7.85. The molecule has 0 aliphatic heterocycles. The van der Waals surface area contributed by atoms with E-state index in [1.807, 2.05) is 50.2 Å². The van der Waals surface area contributed by atoms with Crippen molar-refractivity contribution in [2.75, 3.05) is 19.5 Å². The van der Waals surface area contributed by atoms with Crippen LogP contribution in [0.5, 0.6) is 0 Å². The molecule has 0 amide bonds. The molecular weight excluding hydrogens is 332 g/mol. The van der Waals surface area contributed by atoms with E-state index in [0.717, 1.165) is 39.7 Å². The molecule has 0 saturated carbocycles. The van der Waals surface area contributed by atoms with Gasteiger partial charge in [0.1, 0.15) is 0 Å². The molecule has 0 aliphatic rings. The molecule has 5 heteroatoms. The Labute approximate surface area is 151 Å². The number of ether oxygens (including phenoxy) is 1. The van der Waals surface area contributed by atoms with Gasteiger partial charge in [0, 0.05) is 19.5 Å². The Balaban J connectivity index is 2.16. The van der Waals surface area contributed by atoms with Crippen molar-refractivity contribution in [2.45, 2.75) is 25.4 Å². The molecule has 0 unspecified atom stereocenters. The van der Waals surface area contributed by atoms with Gasteiger partial charge in [-0.3, -0.25) is 9.36 Å². The first-order valence-corrected chi connectivity index (χ1v) is 9.31. The average molecular weight is 354 g/mol. The van der Waals surface area contributed by atoms with Crippen molar-refractivity contribution in [1.29, 1.82) is 0 Å². The zero-order valence-corrected chi connectivity index (χ0v) is 15.6. The molecule has 0 bridgehead atoms. The molecular formula is C20H22N2O2S. The van der Waals surface area contributed by atoms with Crippen LogP contribution in [0.2, 0.25) is 0 Å². The number of fused-ring (bicyclic) bond motifs is 1. The van der Waals surface area contributed by atoms with E-state index in [2.05, 4.69) is 6.07 Å². The van der Waals surface area contributed by atoms with Crippen LogP contribution < -0.4 is 5.56 Å². The third-order valence-corrected chi connectivity index (χ3v) is 4.96. The van der Waals surface area contributed by atoms with Gasteiger partial charge >= 0.3 is 0 Å². The summed E-state index contributed by atoms with van der Waals surface area (Å²) in [5.41, 5.74) is 3.85. The van der Waals surface area contributed by atoms with E-state index >= 15 is 0 Å². The summed E-state index contributed by atoms with van der Waals surface area (Å²) in [5, 5.41) is 1.37. The molecule has 1 aromatic heterocycles. The average Bonchev–Trinajstić information content (AvgIpc) is 2.58. The fourth-order valence-corrected chi connectivity index (χ4v) is 3.81. The van der Waals surface area contributed by atoms with Crippen LogP contribution in [0, 0.1) is 13.8 Å². The van der Waals surface area contributed by atoms with Gasteiger partial charge in [0.15, 0.2) is 5.16 Å². The fourth-order valence-electron chi connectivity index (χ4n) is 2.88. The summed E-state index contributed by atoms with van der Waals surface area (Å²) in [7, 11) is 1.70. The molecule has 25 heavy (non-hydrogen) atoms. The highest BCUT2D eigenvalue weighted by atomic mass is 32.2. The first-order valence-electron chi connectivity index (χ1n) is 8.32. The van der Waals surface area contributed by atoms with Crippen LogP contribution in [0.15, 0.2) is 52.4 Å². The Kier molecular flexibility index (Phi) is 5.56. The van der Waals surface area contributed by atoms with Crippen molar-refractivity contribution in [2.24, 2.45) is 0 Å². The lowest BCUT2D eigenvalue weighted by atomic mass is 10.1. The van der Waals surface area contributed by atoms with Crippen molar-refractivity contribution in [3.05, 3.63) is 63.9 Å². The number of nitrogens with zero attached hydrogens (tertiary/aromatic N) is 2. The van der Waals surface area contributed by atoms with Crippen LogP contribution in [-0.4, -0.2) is 29.0 Å². The third kappa shape index (κ3) is 3.94. The Morgan fingerprint density at radius 1 is 1.12 bits per heavy atom. The van der Waals surface area contributed by atoms with Crippen molar-refractivity contribution in [3.8, 4) is 5.69 Å². The lowest BCUT2D eigenvalue weighted by Crippen LogP contribution is -2.22. The minimum Gasteiger partial charge on any atom is -0.385 e. The van der Waals surface area contributed by atoms with Gasteiger partial charge in [0.2, 0.25) is 0 Å². The van der Waals surface area contributed by atoms with Crippen molar-refractivity contribution >= 4 is 22.7 Å². The van der Waals surface area contributed by atoms with Crippen molar-refractivity contribution in [3.63, 3.8) is 0 Å². The Morgan fingerprint density at radius 2 is 1.84 bits per heavy atom. The van der Waals surface area contributed by atoms with Crippen molar-refractivity contribution < 1.29 is 4.74 Å². The maximum Gasteiger partial charge on any atom is 0.266 e. The number of methoxy groups -OCH3 is 1. The standard InChI is InChI=1S/C20H22N2O2S/c1-14-11-15(2)13-16(12-14)22-19(23)17-7-4-5-8-18(17)21-20(22)25-10-6-9-24-3/h4-5,7-8,11-13H,6,9-10H2,1-3H3. The summed E-state index contributed by atoms with van der Waals surface area (Å²) in [5.74, 6) is 0.851. The van der Waals surface area contributed by atoms with E-state index in [0.29, 0.717) is 12.0 Å². The Bertz CT molecular complexity index is 930. The number of para-hydroxylation sites is 1. The largest absolute Gasteiger partial charge is 0.385 e. The van der Waals surface area contributed by atoms with E-state index in [9.17, 15) is 4.79 Å². The smallest absolute Gasteiger partial charge is 0.266 e. The van der Waals surface area contributed by atoms with Crippen LogP contribution in [0.1, 0.15) is 17.5 Å². The molecule has 0 N–H and O–H groups in total. The molecule has 2 aromatic carbocycles. The van der Waals surface area contributed by atoms with Gasteiger partial charge in [-0.2, -0.15) is 0 Å². The zero-order chi connectivity index (χ0) is 17.8. The minimum absolute atomic E-state index is 0.0233. The van der Waals surface area contributed by atoms with Gasteiger partial charge in [0.25, 0.3) is 5.56 Å². The van der Waals surface area contributed by atoms with Crippen LogP contribution >= 0.6 is 11.8 Å². The van der Waals surface area contributed by atoms with Gasteiger partial charge in [-0.1, -0.05) is 30.0 Å². The first-order chi connectivity index (χ1) is 12.1. The molecule has 0 spiro atoms. The molecule has 3 rings (SSSR count). The number of benzene rings is 2. The summed E-state index contributed by atoms with van der Waals surface area (Å²) in [6.07, 6.45) is 0.913. The lowest BCUT2D eigenvalue weighted by molar-refractivity contribution is 0.200. The van der Waals surface area contributed by atoms with Crippen LogP contribution in [-0.2, 0) is 4.74 Å². The summed E-state index contributed by atoms with van der Waals surface area (Å²) in [4.78, 5) is 17.9. The molecule has 4 nitrogen and oxygen atoms in total. The Hall–Kier alpha value is -2.11. The van der Waals surface area contributed by atoms with Gasteiger partial charge in [-0.25, -0.2) is 4.98 Å². The van der Waals surface area contributed by atoms with E-state index < -0.39 is 0 Å². The highest BCUT2D eigenvalue weighted by molar-refractivity contribution is 7.99. The molecule has 3 aromatic rings. The molecule has 1 heterocycles. The number of thioether (sulfide) groups is 1. The molecule has 130 valence electrons. The number of hydrogen-bond acceptors (Lipinski definition) is 4. The first kappa shape index (κ1) is 17.7. The van der Waals surface area contributed by atoms with E-state index in [-0.39, 0.29) is 5.56 Å². The monoisotopic (exact) mass is 354 g/mol. The maximum atomic E-state index is 13.1. The zero-order valence-electron chi connectivity index (χ0n) is 14.8. The van der Waals surface area contributed by atoms with Gasteiger partial charge in [-0.05, 0) is 55.7 Å². The van der Waals surface area contributed by atoms with Gasteiger partial charge in [0.05, 0.1) is 16.6 Å². The second-order valence-corrected chi connectivity index (χ2v) is 7.15. The number of hydrogen-bond donors (Lipinski definition) is 0. The fraction of sp³-hybridized carbons (Fsp3) is 0.300. The quantitative estimate of drug-likeness (QED) is 0.379. The highest BCUT2D eigenvalue weighted by Gasteiger charge is 2.13. The minimum atomic E-state index is -0.0233. The topological polar surface area (TPSA) is 44.1 Å². The molecule has 0 radical (unpaired) electrons. The molecule has 0 aliphatic carbocycles. The van der Waals surface area contributed by atoms with E-state index in [4.69, 9.17) is 9.72 Å². The van der Waals surface area contributed by atoms with E-state index in [1.54, 1.807) is 23.4 Å².